The van der Waals surface area contributed by atoms with Gasteiger partial charge >= 0.3 is 0 Å². The van der Waals surface area contributed by atoms with E-state index in [1.165, 1.54) is 6.42 Å². The van der Waals surface area contributed by atoms with Crippen LogP contribution in [0.2, 0.25) is 0 Å². The van der Waals surface area contributed by atoms with Crippen molar-refractivity contribution in [3.63, 3.8) is 0 Å². The van der Waals surface area contributed by atoms with Gasteiger partial charge in [0.15, 0.2) is 0 Å². The molecule has 1 atom stereocenters. The quantitative estimate of drug-likeness (QED) is 0.727. The third-order valence-corrected chi connectivity index (χ3v) is 4.74. The minimum absolute atomic E-state index is 0.00109. The normalized spacial score (nSPS) is 35.6. The number of piperidine rings is 1. The third kappa shape index (κ3) is 3.28. The van der Waals surface area contributed by atoms with Gasteiger partial charge in [0.05, 0.1) is 6.04 Å². The smallest absolute Gasteiger partial charge is 0.237 e. The monoisotopic (exact) mass is 244 g/mol. The van der Waals surface area contributed by atoms with E-state index >= 15 is 0 Å². The van der Waals surface area contributed by atoms with Crippen molar-refractivity contribution in [1.29, 1.82) is 0 Å². The Labute approximate surface area is 99.0 Å². The SMILES string of the molecule is O=C(NC1CCS(=O)CC1)[C@@H]1CCCCN1. The van der Waals surface area contributed by atoms with E-state index in [0.717, 1.165) is 43.7 Å². The number of amides is 1. The average molecular weight is 244 g/mol. The highest BCUT2D eigenvalue weighted by Gasteiger charge is 2.24. The van der Waals surface area contributed by atoms with Gasteiger partial charge in [0.1, 0.15) is 0 Å². The standard InChI is InChI=1S/C11H20N2O2S/c14-11(10-3-1-2-6-12-10)13-9-4-7-16(15)8-5-9/h9-10,12H,1-8H2,(H,13,14)/t9?,10-,16?/m0/s1. The zero-order valence-electron chi connectivity index (χ0n) is 9.54. The molecule has 2 N–H and O–H groups in total. The summed E-state index contributed by atoms with van der Waals surface area (Å²) in [7, 11) is -0.647. The minimum atomic E-state index is -0.647. The van der Waals surface area contributed by atoms with Crippen LogP contribution in [0.3, 0.4) is 0 Å². The summed E-state index contributed by atoms with van der Waals surface area (Å²) in [6.07, 6.45) is 4.99. The fourth-order valence-electron chi connectivity index (χ4n) is 2.32. The van der Waals surface area contributed by atoms with E-state index in [4.69, 9.17) is 0 Å². The van der Waals surface area contributed by atoms with Gasteiger partial charge in [-0.1, -0.05) is 6.42 Å². The molecule has 2 heterocycles. The molecule has 92 valence electrons. The molecule has 0 radical (unpaired) electrons. The molecule has 2 saturated heterocycles. The molecule has 16 heavy (non-hydrogen) atoms. The van der Waals surface area contributed by atoms with Crippen LogP contribution in [-0.4, -0.2) is 40.3 Å². The Morgan fingerprint density at radius 2 is 1.94 bits per heavy atom. The van der Waals surface area contributed by atoms with Gasteiger partial charge in [-0.3, -0.25) is 9.00 Å². The van der Waals surface area contributed by atoms with Crippen LogP contribution < -0.4 is 10.6 Å². The van der Waals surface area contributed by atoms with Crippen LogP contribution >= 0.6 is 0 Å². The Morgan fingerprint density at radius 1 is 1.19 bits per heavy atom. The van der Waals surface area contributed by atoms with Gasteiger partial charge in [-0.25, -0.2) is 0 Å². The molecule has 0 aromatic rings. The van der Waals surface area contributed by atoms with Crippen molar-refractivity contribution >= 4 is 16.7 Å². The fourth-order valence-corrected chi connectivity index (χ4v) is 3.61. The second kappa shape index (κ2) is 5.77. The van der Waals surface area contributed by atoms with Crippen LogP contribution in [0.25, 0.3) is 0 Å². The maximum absolute atomic E-state index is 11.9. The molecule has 2 aliphatic heterocycles. The molecule has 2 rings (SSSR count). The highest BCUT2D eigenvalue weighted by molar-refractivity contribution is 7.85. The van der Waals surface area contributed by atoms with E-state index in [0.29, 0.717) is 0 Å². The maximum Gasteiger partial charge on any atom is 0.237 e. The lowest BCUT2D eigenvalue weighted by atomic mass is 10.0. The molecule has 0 aliphatic carbocycles. The predicted octanol–water partition coefficient (Wildman–Crippen LogP) is 0.156. The summed E-state index contributed by atoms with van der Waals surface area (Å²) in [6.45, 7) is 0.951. The zero-order valence-corrected chi connectivity index (χ0v) is 10.4. The molecule has 0 aromatic heterocycles. The van der Waals surface area contributed by atoms with Gasteiger partial charge in [-0.15, -0.1) is 0 Å². The van der Waals surface area contributed by atoms with Gasteiger partial charge in [0, 0.05) is 28.3 Å². The van der Waals surface area contributed by atoms with Crippen molar-refractivity contribution in [2.75, 3.05) is 18.1 Å². The Kier molecular flexibility index (Phi) is 4.35. The molecule has 0 saturated carbocycles. The first kappa shape index (κ1) is 12.0. The first-order valence-electron chi connectivity index (χ1n) is 6.14. The summed E-state index contributed by atoms with van der Waals surface area (Å²) in [4.78, 5) is 11.9. The van der Waals surface area contributed by atoms with E-state index in [1.54, 1.807) is 0 Å². The van der Waals surface area contributed by atoms with Crippen LogP contribution in [0.15, 0.2) is 0 Å². The van der Waals surface area contributed by atoms with Crippen LogP contribution in [-0.2, 0) is 15.6 Å². The number of nitrogens with one attached hydrogen (secondary N) is 2. The van der Waals surface area contributed by atoms with Gasteiger partial charge < -0.3 is 10.6 Å². The van der Waals surface area contributed by atoms with Crippen molar-refractivity contribution in [1.82, 2.24) is 10.6 Å². The summed E-state index contributed by atoms with van der Waals surface area (Å²) >= 11 is 0. The Bertz CT molecular complexity index is 267. The topological polar surface area (TPSA) is 58.2 Å². The summed E-state index contributed by atoms with van der Waals surface area (Å²) in [5.74, 6) is 1.61. The predicted molar refractivity (Wildman–Crippen MR) is 64.7 cm³/mol. The van der Waals surface area contributed by atoms with Crippen LogP contribution in [0.4, 0.5) is 0 Å². The summed E-state index contributed by atoms with van der Waals surface area (Å²) < 4.78 is 11.2. The highest BCUT2D eigenvalue weighted by atomic mass is 32.2. The molecule has 0 unspecified atom stereocenters. The van der Waals surface area contributed by atoms with E-state index in [9.17, 15) is 9.00 Å². The maximum atomic E-state index is 11.9. The van der Waals surface area contributed by atoms with Gasteiger partial charge in [-0.05, 0) is 32.2 Å². The number of carbonyl (C=O) groups is 1. The number of carbonyl (C=O) groups excluding carboxylic acids is 1. The molecular formula is C11H20N2O2S. The second-order valence-corrected chi connectivity index (χ2v) is 6.33. The summed E-state index contributed by atoms with van der Waals surface area (Å²) in [5, 5.41) is 6.32. The molecule has 5 heteroatoms. The minimum Gasteiger partial charge on any atom is -0.352 e. The molecule has 2 aliphatic rings. The highest BCUT2D eigenvalue weighted by Crippen LogP contribution is 2.11. The third-order valence-electron chi connectivity index (χ3n) is 3.36. The second-order valence-electron chi connectivity index (χ2n) is 4.63. The van der Waals surface area contributed by atoms with Crippen molar-refractivity contribution in [3.05, 3.63) is 0 Å². The number of rotatable bonds is 2. The van der Waals surface area contributed by atoms with Crippen LogP contribution in [0.5, 0.6) is 0 Å². The van der Waals surface area contributed by atoms with Crippen molar-refractivity contribution < 1.29 is 9.00 Å². The van der Waals surface area contributed by atoms with Gasteiger partial charge in [0.25, 0.3) is 0 Å². The largest absolute Gasteiger partial charge is 0.352 e. The lowest BCUT2D eigenvalue weighted by Gasteiger charge is -2.27. The molecular weight excluding hydrogens is 224 g/mol. The number of hydrogen-bond acceptors (Lipinski definition) is 3. The van der Waals surface area contributed by atoms with Crippen LogP contribution in [0.1, 0.15) is 32.1 Å². The van der Waals surface area contributed by atoms with Gasteiger partial charge in [-0.2, -0.15) is 0 Å². The Balaban J connectivity index is 1.75. The first-order valence-corrected chi connectivity index (χ1v) is 7.63. The summed E-state index contributed by atoms with van der Waals surface area (Å²) in [5.41, 5.74) is 0. The van der Waals surface area contributed by atoms with E-state index in [2.05, 4.69) is 10.6 Å². The van der Waals surface area contributed by atoms with Gasteiger partial charge in [0.2, 0.25) is 5.91 Å². The summed E-state index contributed by atoms with van der Waals surface area (Å²) in [6, 6.07) is 0.245. The molecule has 1 amide bonds. The number of hydrogen-bond donors (Lipinski definition) is 2. The van der Waals surface area contributed by atoms with E-state index < -0.39 is 10.8 Å². The Hall–Kier alpha value is -0.420. The molecule has 0 spiro atoms. The van der Waals surface area contributed by atoms with E-state index in [1.807, 2.05) is 0 Å². The van der Waals surface area contributed by atoms with Crippen molar-refractivity contribution in [2.24, 2.45) is 0 Å². The molecule has 2 fully saturated rings. The molecule has 4 nitrogen and oxygen atoms in total. The average Bonchev–Trinajstić information content (AvgIpc) is 2.33. The molecule has 0 bridgehead atoms. The zero-order chi connectivity index (χ0) is 11.4. The molecule has 0 aromatic carbocycles. The fraction of sp³-hybridized carbons (Fsp3) is 0.909. The Morgan fingerprint density at radius 3 is 2.56 bits per heavy atom. The first-order chi connectivity index (χ1) is 7.75. The van der Waals surface area contributed by atoms with Crippen molar-refractivity contribution in [2.45, 2.75) is 44.2 Å². The lowest BCUT2D eigenvalue weighted by molar-refractivity contribution is -0.124. The van der Waals surface area contributed by atoms with Crippen LogP contribution in [0, 0.1) is 0 Å². The van der Waals surface area contributed by atoms with Crippen molar-refractivity contribution in [3.8, 4) is 0 Å². The van der Waals surface area contributed by atoms with E-state index in [-0.39, 0.29) is 18.0 Å². The lowest BCUT2D eigenvalue weighted by Crippen LogP contribution is -2.50.